The maximum Gasteiger partial charge on any atom is 0.341 e. The molecule has 0 bridgehead atoms. The van der Waals surface area contributed by atoms with E-state index >= 15 is 0 Å². The van der Waals surface area contributed by atoms with E-state index in [-0.39, 0.29) is 29.0 Å². The van der Waals surface area contributed by atoms with Crippen molar-refractivity contribution in [1.29, 1.82) is 0 Å². The second kappa shape index (κ2) is 11.2. The monoisotopic (exact) mass is 554 g/mol. The van der Waals surface area contributed by atoms with Gasteiger partial charge in [0.05, 0.1) is 19.1 Å². The van der Waals surface area contributed by atoms with Crippen LogP contribution in [0, 0.1) is 0 Å². The summed E-state index contributed by atoms with van der Waals surface area (Å²) >= 11 is 0. The zero-order chi connectivity index (χ0) is 24.2. The van der Waals surface area contributed by atoms with E-state index in [2.05, 4.69) is 36.4 Å². The predicted molar refractivity (Wildman–Crippen MR) is 135 cm³/mol. The topological polar surface area (TPSA) is 61.8 Å². The molecule has 3 aromatic rings. The average molecular weight is 555 g/mol. The summed E-state index contributed by atoms with van der Waals surface area (Å²) in [7, 11) is -1.03. The van der Waals surface area contributed by atoms with Crippen LogP contribution in [0.25, 0.3) is 0 Å². The molecule has 182 valence electrons. The zero-order valence-electron chi connectivity index (χ0n) is 19.9. The fourth-order valence-electron chi connectivity index (χ4n) is 4.28. The second-order valence-electron chi connectivity index (χ2n) is 8.52. The number of halogens is 1. The summed E-state index contributed by atoms with van der Waals surface area (Å²) in [6.45, 7) is 3.40. The van der Waals surface area contributed by atoms with Crippen molar-refractivity contribution in [2.45, 2.75) is 26.1 Å². The molecule has 0 radical (unpaired) electrons. The molecule has 0 aliphatic carbocycles. The van der Waals surface area contributed by atoms with Crippen LogP contribution in [0.5, 0.6) is 0 Å². The third-order valence-corrected chi connectivity index (χ3v) is 10.1. The molecule has 0 saturated carbocycles. The van der Waals surface area contributed by atoms with Gasteiger partial charge in [-0.05, 0) is 36.4 Å². The summed E-state index contributed by atoms with van der Waals surface area (Å²) in [6.07, 6.45) is 0.217. The number of ether oxygens (including phenoxy) is 3. The largest absolute Gasteiger partial charge is 1.00 e. The van der Waals surface area contributed by atoms with Crippen molar-refractivity contribution in [2.75, 3.05) is 13.3 Å². The highest BCUT2D eigenvalue weighted by atomic mass is 79.9. The molecule has 0 N–H and O–H groups in total. The third kappa shape index (κ3) is 5.66. The first-order valence-electron chi connectivity index (χ1n) is 11.1. The van der Waals surface area contributed by atoms with Crippen LogP contribution in [0.3, 0.4) is 0 Å². The maximum absolute atomic E-state index is 13.0. The molecule has 3 aromatic carbocycles. The van der Waals surface area contributed by atoms with E-state index < -0.39 is 25.0 Å². The van der Waals surface area contributed by atoms with Gasteiger partial charge in [-0.3, -0.25) is 4.79 Å². The number of hydrogen-bond acceptors (Lipinski definition) is 5. The van der Waals surface area contributed by atoms with Gasteiger partial charge in [-0.25, -0.2) is 4.79 Å². The maximum atomic E-state index is 13.0. The van der Waals surface area contributed by atoms with E-state index in [0.717, 1.165) is 15.9 Å². The van der Waals surface area contributed by atoms with Crippen molar-refractivity contribution in [2.24, 2.45) is 0 Å². The van der Waals surface area contributed by atoms with Crippen molar-refractivity contribution in [3.63, 3.8) is 0 Å². The minimum Gasteiger partial charge on any atom is -1.00 e. The summed E-state index contributed by atoms with van der Waals surface area (Å²) in [6, 6.07) is 30.9. The van der Waals surface area contributed by atoms with E-state index in [1.165, 1.54) is 7.11 Å². The Kier molecular flexibility index (Phi) is 8.52. The van der Waals surface area contributed by atoms with Gasteiger partial charge in [-0.15, -0.1) is 0 Å². The number of cyclic esters (lactones) is 1. The number of carbonyl (C=O) groups excluding carboxylic acids is 2. The molecule has 0 atom stereocenters. The number of allylic oxidation sites excluding steroid dienone is 1. The number of esters is 2. The van der Waals surface area contributed by atoms with Crippen LogP contribution >= 0.6 is 7.26 Å². The van der Waals surface area contributed by atoms with Gasteiger partial charge >= 0.3 is 11.9 Å². The van der Waals surface area contributed by atoms with Gasteiger partial charge in [0.1, 0.15) is 29.3 Å². The first-order chi connectivity index (χ1) is 16.4. The molecular formula is C28H28BrO5P. The molecule has 7 heteroatoms. The predicted octanol–water partition coefficient (Wildman–Crippen LogP) is 1.11. The number of methoxy groups -OCH3 is 1. The highest BCUT2D eigenvalue weighted by molar-refractivity contribution is 7.95. The number of benzene rings is 3. The van der Waals surface area contributed by atoms with Gasteiger partial charge in [-0.2, -0.15) is 0 Å². The zero-order valence-corrected chi connectivity index (χ0v) is 22.4. The van der Waals surface area contributed by atoms with Gasteiger partial charge in [0.25, 0.3) is 0 Å². The highest BCUT2D eigenvalue weighted by Crippen LogP contribution is 2.57. The van der Waals surface area contributed by atoms with E-state index in [1.807, 2.05) is 54.6 Å². The van der Waals surface area contributed by atoms with Crippen LogP contribution in [0.15, 0.2) is 102 Å². The highest BCUT2D eigenvalue weighted by Gasteiger charge is 2.49. The SMILES string of the molecule is COC(=O)CC1=C(C[P+](c2ccccc2)(c2ccccc2)c2ccccc2)OC(C)(C)OC1=O.[Br-]. The Balaban J connectivity index is 0.00000342. The first-order valence-corrected chi connectivity index (χ1v) is 13.1. The molecule has 35 heavy (non-hydrogen) atoms. The van der Waals surface area contributed by atoms with Crippen molar-refractivity contribution in [3.8, 4) is 0 Å². The molecule has 0 spiro atoms. The summed E-state index contributed by atoms with van der Waals surface area (Å²) in [4.78, 5) is 25.2. The second-order valence-corrected chi connectivity index (χ2v) is 12.0. The van der Waals surface area contributed by atoms with Crippen LogP contribution in [-0.2, 0) is 23.8 Å². The standard InChI is InChI=1S/C28H28O5P.BrH/c1-28(2)32-25(24(27(30)33-28)19-26(29)31-3)20-34(21-13-7-4-8-14-21,22-15-9-5-10-16-22)23-17-11-6-12-18-23;/h4-18H,19-20H2,1-3H3;1H/q+1;/p-1. The van der Waals surface area contributed by atoms with Crippen molar-refractivity contribution in [1.82, 2.24) is 0 Å². The van der Waals surface area contributed by atoms with Crippen LogP contribution in [0.2, 0.25) is 0 Å². The van der Waals surface area contributed by atoms with Gasteiger partial charge < -0.3 is 31.2 Å². The quantitative estimate of drug-likeness (QED) is 0.323. The summed E-state index contributed by atoms with van der Waals surface area (Å²) < 4.78 is 16.6. The van der Waals surface area contributed by atoms with Crippen LogP contribution in [0.1, 0.15) is 20.3 Å². The van der Waals surface area contributed by atoms with Crippen LogP contribution in [-0.4, -0.2) is 31.0 Å². The Morgan fingerprint density at radius 3 is 1.63 bits per heavy atom. The lowest BCUT2D eigenvalue weighted by Gasteiger charge is -2.36. The molecule has 0 fully saturated rings. The van der Waals surface area contributed by atoms with E-state index in [0.29, 0.717) is 11.9 Å². The summed E-state index contributed by atoms with van der Waals surface area (Å²) in [5.41, 5.74) is 0.207. The van der Waals surface area contributed by atoms with Gasteiger partial charge in [0, 0.05) is 13.8 Å². The molecular weight excluding hydrogens is 527 g/mol. The van der Waals surface area contributed by atoms with Crippen molar-refractivity contribution in [3.05, 3.63) is 102 Å². The minimum atomic E-state index is -2.34. The average Bonchev–Trinajstić information content (AvgIpc) is 2.85. The molecule has 4 rings (SSSR count). The number of hydrogen-bond donors (Lipinski definition) is 0. The fraction of sp³-hybridized carbons (Fsp3) is 0.214. The fourth-order valence-corrected chi connectivity index (χ4v) is 8.45. The molecule has 0 aromatic heterocycles. The third-order valence-electron chi connectivity index (χ3n) is 5.81. The van der Waals surface area contributed by atoms with Crippen LogP contribution < -0.4 is 32.9 Å². The smallest absolute Gasteiger partial charge is 0.341 e. The lowest BCUT2D eigenvalue weighted by atomic mass is 10.1. The lowest BCUT2D eigenvalue weighted by Crippen LogP contribution is -3.00. The van der Waals surface area contributed by atoms with Crippen molar-refractivity contribution >= 4 is 35.1 Å². The Bertz CT molecular complexity index is 1100. The number of rotatable bonds is 7. The van der Waals surface area contributed by atoms with Gasteiger partial charge in [0.15, 0.2) is 5.76 Å². The Morgan fingerprint density at radius 2 is 1.23 bits per heavy atom. The summed E-state index contributed by atoms with van der Waals surface area (Å²) in [5, 5.41) is 3.45. The molecule has 1 heterocycles. The molecule has 1 aliphatic rings. The Hall–Kier alpha value is -2.95. The van der Waals surface area contributed by atoms with Gasteiger partial charge in [-0.1, -0.05) is 54.6 Å². The van der Waals surface area contributed by atoms with E-state index in [1.54, 1.807) is 13.8 Å². The first kappa shape index (κ1) is 26.7. The normalized spacial score (nSPS) is 14.9. The number of carbonyl (C=O) groups is 2. The Morgan fingerprint density at radius 1 is 0.800 bits per heavy atom. The molecule has 0 unspecified atom stereocenters. The summed E-state index contributed by atoms with van der Waals surface area (Å²) in [5.74, 6) is -1.75. The van der Waals surface area contributed by atoms with E-state index in [9.17, 15) is 9.59 Å². The molecule has 1 aliphatic heterocycles. The van der Waals surface area contributed by atoms with Crippen molar-refractivity contribution < 1.29 is 40.8 Å². The van der Waals surface area contributed by atoms with E-state index in [4.69, 9.17) is 14.2 Å². The Labute approximate surface area is 217 Å². The molecule has 5 nitrogen and oxygen atoms in total. The van der Waals surface area contributed by atoms with Crippen LogP contribution in [0.4, 0.5) is 0 Å². The van der Waals surface area contributed by atoms with Gasteiger partial charge in [0.2, 0.25) is 5.79 Å². The molecule has 0 amide bonds. The lowest BCUT2D eigenvalue weighted by molar-refractivity contribution is -0.207. The molecule has 0 saturated heterocycles. The minimum absolute atomic E-state index is 0.